The molecule has 19 heavy (non-hydrogen) atoms. The SMILES string of the molecule is CCCCC(CC)C(Cc1cc(F)cc(F)c1)NN. The van der Waals surface area contributed by atoms with Crippen molar-refractivity contribution in [1.29, 1.82) is 0 Å². The minimum absolute atomic E-state index is 0.0535. The Balaban J connectivity index is 2.73. The summed E-state index contributed by atoms with van der Waals surface area (Å²) >= 11 is 0. The van der Waals surface area contributed by atoms with Gasteiger partial charge in [-0.25, -0.2) is 8.78 Å². The zero-order valence-electron chi connectivity index (χ0n) is 11.8. The van der Waals surface area contributed by atoms with Crippen molar-refractivity contribution in [2.24, 2.45) is 11.8 Å². The van der Waals surface area contributed by atoms with Gasteiger partial charge in [0, 0.05) is 12.1 Å². The Bertz CT molecular complexity index is 362. The fourth-order valence-electron chi connectivity index (χ4n) is 2.50. The van der Waals surface area contributed by atoms with Crippen molar-refractivity contribution >= 4 is 0 Å². The molecule has 0 aliphatic rings. The maximum Gasteiger partial charge on any atom is 0.126 e. The second-order valence-electron chi connectivity index (χ2n) is 5.07. The van der Waals surface area contributed by atoms with Gasteiger partial charge in [-0.15, -0.1) is 0 Å². The van der Waals surface area contributed by atoms with E-state index in [2.05, 4.69) is 19.3 Å². The summed E-state index contributed by atoms with van der Waals surface area (Å²) < 4.78 is 26.4. The van der Waals surface area contributed by atoms with Gasteiger partial charge in [0.2, 0.25) is 0 Å². The van der Waals surface area contributed by atoms with Crippen LogP contribution in [0.3, 0.4) is 0 Å². The molecule has 1 aromatic carbocycles. The summed E-state index contributed by atoms with van der Waals surface area (Å²) in [5, 5.41) is 0. The second kappa shape index (κ2) is 8.23. The average molecular weight is 270 g/mol. The number of halogens is 2. The highest BCUT2D eigenvalue weighted by Gasteiger charge is 2.19. The van der Waals surface area contributed by atoms with Gasteiger partial charge in [0.25, 0.3) is 0 Å². The van der Waals surface area contributed by atoms with Gasteiger partial charge in [0.1, 0.15) is 11.6 Å². The van der Waals surface area contributed by atoms with E-state index in [0.29, 0.717) is 17.9 Å². The lowest BCUT2D eigenvalue weighted by Gasteiger charge is -2.25. The molecule has 1 aromatic rings. The van der Waals surface area contributed by atoms with E-state index in [0.717, 1.165) is 31.7 Å². The quantitative estimate of drug-likeness (QED) is 0.560. The smallest absolute Gasteiger partial charge is 0.126 e. The normalized spacial score (nSPS) is 14.4. The van der Waals surface area contributed by atoms with E-state index in [1.807, 2.05) is 0 Å². The molecule has 0 spiro atoms. The first-order valence-electron chi connectivity index (χ1n) is 7.01. The van der Waals surface area contributed by atoms with E-state index in [-0.39, 0.29) is 6.04 Å². The predicted molar refractivity (Wildman–Crippen MR) is 74.5 cm³/mol. The summed E-state index contributed by atoms with van der Waals surface area (Å²) in [6, 6.07) is 3.70. The van der Waals surface area contributed by atoms with Crippen molar-refractivity contribution in [2.75, 3.05) is 0 Å². The van der Waals surface area contributed by atoms with Crippen LogP contribution < -0.4 is 11.3 Å². The monoisotopic (exact) mass is 270 g/mol. The van der Waals surface area contributed by atoms with E-state index < -0.39 is 11.6 Å². The molecule has 0 saturated heterocycles. The van der Waals surface area contributed by atoms with Gasteiger partial charge in [0.15, 0.2) is 0 Å². The fraction of sp³-hybridized carbons (Fsp3) is 0.600. The lowest BCUT2D eigenvalue weighted by Crippen LogP contribution is -2.42. The van der Waals surface area contributed by atoms with Gasteiger partial charge in [-0.05, 0) is 36.5 Å². The second-order valence-corrected chi connectivity index (χ2v) is 5.07. The van der Waals surface area contributed by atoms with Crippen LogP contribution in [0.15, 0.2) is 18.2 Å². The molecule has 4 heteroatoms. The van der Waals surface area contributed by atoms with Crippen LogP contribution in [0.2, 0.25) is 0 Å². The summed E-state index contributed by atoms with van der Waals surface area (Å²) in [6.07, 6.45) is 4.93. The largest absolute Gasteiger partial charge is 0.271 e. The Morgan fingerprint density at radius 1 is 1.16 bits per heavy atom. The van der Waals surface area contributed by atoms with Crippen molar-refractivity contribution in [2.45, 2.75) is 52.0 Å². The zero-order valence-corrected chi connectivity index (χ0v) is 11.8. The number of nitrogens with two attached hydrogens (primary N) is 1. The van der Waals surface area contributed by atoms with E-state index in [4.69, 9.17) is 5.84 Å². The summed E-state index contributed by atoms with van der Waals surface area (Å²) in [5.41, 5.74) is 3.45. The first kappa shape index (κ1) is 16.1. The molecule has 0 amide bonds. The molecule has 3 N–H and O–H groups in total. The number of hydrazine groups is 1. The zero-order chi connectivity index (χ0) is 14.3. The van der Waals surface area contributed by atoms with Gasteiger partial charge in [0.05, 0.1) is 0 Å². The van der Waals surface area contributed by atoms with Gasteiger partial charge >= 0.3 is 0 Å². The first-order valence-corrected chi connectivity index (χ1v) is 7.01. The molecule has 2 nitrogen and oxygen atoms in total. The standard InChI is InChI=1S/C15H24F2N2/c1-3-5-6-12(4-2)15(19-18)9-11-7-13(16)10-14(17)8-11/h7-8,10,12,15,19H,3-6,9,18H2,1-2H3. The van der Waals surface area contributed by atoms with E-state index in [1.54, 1.807) is 0 Å². The molecule has 1 rings (SSSR count). The van der Waals surface area contributed by atoms with Gasteiger partial charge in [-0.1, -0.05) is 33.1 Å². The topological polar surface area (TPSA) is 38.0 Å². The van der Waals surface area contributed by atoms with Crippen molar-refractivity contribution in [3.05, 3.63) is 35.4 Å². The maximum atomic E-state index is 13.2. The number of hydrogen-bond donors (Lipinski definition) is 2. The molecule has 0 aliphatic heterocycles. The predicted octanol–water partition coefficient (Wildman–Crippen LogP) is 3.56. The number of unbranched alkanes of at least 4 members (excludes halogenated alkanes) is 1. The average Bonchev–Trinajstić information content (AvgIpc) is 2.36. The number of benzene rings is 1. The highest BCUT2D eigenvalue weighted by atomic mass is 19.1. The van der Waals surface area contributed by atoms with E-state index in [1.165, 1.54) is 12.1 Å². The maximum absolute atomic E-state index is 13.2. The summed E-state index contributed by atoms with van der Waals surface area (Å²) in [4.78, 5) is 0. The van der Waals surface area contributed by atoms with Crippen LogP contribution >= 0.6 is 0 Å². The Morgan fingerprint density at radius 3 is 2.26 bits per heavy atom. The van der Waals surface area contributed by atoms with Gasteiger partial charge in [-0.2, -0.15) is 0 Å². The molecule has 2 unspecified atom stereocenters. The van der Waals surface area contributed by atoms with Crippen LogP contribution in [0.1, 0.15) is 45.1 Å². The molecule has 0 radical (unpaired) electrons. The Morgan fingerprint density at radius 2 is 1.79 bits per heavy atom. The molecular formula is C15H24F2N2. The summed E-state index contributed by atoms with van der Waals surface area (Å²) in [7, 11) is 0. The highest BCUT2D eigenvalue weighted by molar-refractivity contribution is 5.19. The van der Waals surface area contributed by atoms with Crippen molar-refractivity contribution in [3.8, 4) is 0 Å². The molecule has 0 saturated carbocycles. The van der Waals surface area contributed by atoms with E-state index in [9.17, 15) is 8.78 Å². The molecule has 2 atom stereocenters. The fourth-order valence-corrected chi connectivity index (χ4v) is 2.50. The minimum Gasteiger partial charge on any atom is -0.271 e. The molecular weight excluding hydrogens is 246 g/mol. The summed E-state index contributed by atoms with van der Waals surface area (Å²) in [5.74, 6) is 4.96. The molecule has 0 bridgehead atoms. The number of nitrogens with one attached hydrogen (secondary N) is 1. The van der Waals surface area contributed by atoms with Crippen LogP contribution in [-0.2, 0) is 6.42 Å². The summed E-state index contributed by atoms with van der Waals surface area (Å²) in [6.45, 7) is 4.27. The lowest BCUT2D eigenvalue weighted by atomic mass is 9.88. The highest BCUT2D eigenvalue weighted by Crippen LogP contribution is 2.20. The molecule has 108 valence electrons. The van der Waals surface area contributed by atoms with Crippen molar-refractivity contribution in [1.82, 2.24) is 5.43 Å². The Kier molecular flexibility index (Phi) is 6.95. The van der Waals surface area contributed by atoms with Crippen LogP contribution in [-0.4, -0.2) is 6.04 Å². The number of hydrogen-bond acceptors (Lipinski definition) is 2. The van der Waals surface area contributed by atoms with Crippen LogP contribution in [0.25, 0.3) is 0 Å². The lowest BCUT2D eigenvalue weighted by molar-refractivity contribution is 0.318. The molecule has 0 aromatic heterocycles. The Labute approximate surface area is 114 Å². The van der Waals surface area contributed by atoms with Gasteiger partial charge < -0.3 is 0 Å². The number of rotatable bonds is 8. The molecule has 0 heterocycles. The Hall–Kier alpha value is -1.00. The van der Waals surface area contributed by atoms with E-state index >= 15 is 0 Å². The molecule has 0 aliphatic carbocycles. The van der Waals surface area contributed by atoms with Crippen LogP contribution in [0.4, 0.5) is 8.78 Å². The van der Waals surface area contributed by atoms with Crippen molar-refractivity contribution < 1.29 is 8.78 Å². The van der Waals surface area contributed by atoms with Crippen LogP contribution in [0, 0.1) is 17.6 Å². The van der Waals surface area contributed by atoms with Crippen molar-refractivity contribution in [3.63, 3.8) is 0 Å². The third-order valence-corrected chi connectivity index (χ3v) is 3.61. The first-order chi connectivity index (χ1) is 9.10. The molecule has 0 fully saturated rings. The third kappa shape index (κ3) is 5.25. The van der Waals surface area contributed by atoms with Gasteiger partial charge in [-0.3, -0.25) is 11.3 Å². The van der Waals surface area contributed by atoms with Crippen LogP contribution in [0.5, 0.6) is 0 Å². The third-order valence-electron chi connectivity index (χ3n) is 3.61. The minimum atomic E-state index is -0.535.